The maximum atomic E-state index is 12.7. The minimum Gasteiger partial charge on any atom is -0.367 e. The molecule has 2 aliphatic heterocycles. The molecule has 0 atom stereocenters. The number of nitrogens with one attached hydrogen (secondary N) is 5. The van der Waals surface area contributed by atoms with Gasteiger partial charge in [-0.1, -0.05) is 24.3 Å². The molecule has 2 aromatic heterocycles. The molecule has 2 aliphatic rings. The molecule has 7 nitrogen and oxygen atoms in total. The van der Waals surface area contributed by atoms with Crippen molar-refractivity contribution in [3.8, 4) is 11.4 Å². The fourth-order valence-electron chi connectivity index (χ4n) is 4.94. The third kappa shape index (κ3) is 4.50. The standard InChI is InChI=1S/C28H28N6O/c35-27(13-18-7-10-29-11-8-18)31-22-9-12-30-17-21(14-22)19-5-6-25-23(15-19)28(34-33-25)26-16-20-3-1-2-4-24(20)32-26/h1-6,9,12,14-18,29-30,32H,7-8,10-11,13H2,(H,31,35)(H,33,34). The van der Waals surface area contributed by atoms with Gasteiger partial charge in [-0.15, -0.1) is 0 Å². The quantitative estimate of drug-likeness (QED) is 0.299. The van der Waals surface area contributed by atoms with Crippen molar-refractivity contribution in [3.05, 3.63) is 84.3 Å². The second kappa shape index (κ2) is 9.27. The number of fused-ring (bicyclic) bond motifs is 2. The van der Waals surface area contributed by atoms with E-state index < -0.39 is 0 Å². The molecule has 7 heteroatoms. The van der Waals surface area contributed by atoms with Crippen LogP contribution in [0.3, 0.4) is 0 Å². The number of carbonyl (C=O) groups excluding carboxylic acids is 1. The molecule has 4 heterocycles. The van der Waals surface area contributed by atoms with Gasteiger partial charge < -0.3 is 20.9 Å². The van der Waals surface area contributed by atoms with Crippen LogP contribution in [-0.2, 0) is 4.79 Å². The molecular formula is C28H28N6O. The molecule has 0 aliphatic carbocycles. The number of rotatable bonds is 5. The van der Waals surface area contributed by atoms with Gasteiger partial charge in [0.05, 0.1) is 11.2 Å². The van der Waals surface area contributed by atoms with Crippen molar-refractivity contribution in [2.45, 2.75) is 19.3 Å². The summed E-state index contributed by atoms with van der Waals surface area (Å²) in [5, 5.41) is 19.6. The van der Waals surface area contributed by atoms with Gasteiger partial charge in [0.2, 0.25) is 5.91 Å². The average molecular weight is 465 g/mol. The molecule has 0 bridgehead atoms. The summed E-state index contributed by atoms with van der Waals surface area (Å²) >= 11 is 0. The molecule has 1 amide bonds. The second-order valence-electron chi connectivity index (χ2n) is 9.25. The third-order valence-electron chi connectivity index (χ3n) is 6.81. The number of H-pyrrole nitrogens is 2. The number of allylic oxidation sites excluding steroid dienone is 3. The summed E-state index contributed by atoms with van der Waals surface area (Å²) < 4.78 is 0. The van der Waals surface area contributed by atoms with Gasteiger partial charge in [-0.25, -0.2) is 0 Å². The first-order valence-electron chi connectivity index (χ1n) is 12.1. The molecule has 0 unspecified atom stereocenters. The number of aromatic amines is 2. The normalized spacial score (nSPS) is 16.6. The van der Waals surface area contributed by atoms with E-state index in [1.165, 1.54) is 0 Å². The fraction of sp³-hybridized carbons (Fsp3) is 0.214. The highest BCUT2D eigenvalue weighted by Gasteiger charge is 2.18. The van der Waals surface area contributed by atoms with E-state index in [1.807, 2.05) is 42.8 Å². The van der Waals surface area contributed by atoms with E-state index in [2.05, 4.69) is 61.5 Å². The number of para-hydroxylation sites is 1. The van der Waals surface area contributed by atoms with E-state index in [-0.39, 0.29) is 5.91 Å². The van der Waals surface area contributed by atoms with Crippen molar-refractivity contribution in [3.63, 3.8) is 0 Å². The summed E-state index contributed by atoms with van der Waals surface area (Å²) in [6, 6.07) is 16.6. The first-order chi connectivity index (χ1) is 17.2. The van der Waals surface area contributed by atoms with Crippen LogP contribution in [0.15, 0.2) is 78.8 Å². The van der Waals surface area contributed by atoms with Crippen LogP contribution < -0.4 is 16.0 Å². The van der Waals surface area contributed by atoms with Gasteiger partial charge in [0.25, 0.3) is 0 Å². The zero-order valence-corrected chi connectivity index (χ0v) is 19.4. The lowest BCUT2D eigenvalue weighted by atomic mass is 9.94. The molecule has 35 heavy (non-hydrogen) atoms. The first kappa shape index (κ1) is 21.4. The smallest absolute Gasteiger partial charge is 0.224 e. The third-order valence-corrected chi connectivity index (χ3v) is 6.81. The monoisotopic (exact) mass is 464 g/mol. The topological polar surface area (TPSA) is 97.6 Å². The summed E-state index contributed by atoms with van der Waals surface area (Å²) in [5.41, 5.74) is 6.73. The first-order valence-corrected chi connectivity index (χ1v) is 12.1. The van der Waals surface area contributed by atoms with Gasteiger partial charge in [-0.05, 0) is 79.4 Å². The van der Waals surface area contributed by atoms with E-state index in [9.17, 15) is 4.79 Å². The fourth-order valence-corrected chi connectivity index (χ4v) is 4.94. The Bertz CT molecular complexity index is 1450. The predicted molar refractivity (Wildman–Crippen MR) is 140 cm³/mol. The van der Waals surface area contributed by atoms with Crippen LogP contribution in [-0.4, -0.2) is 34.2 Å². The van der Waals surface area contributed by atoms with Crippen molar-refractivity contribution >= 4 is 33.3 Å². The Hall–Kier alpha value is -4.10. The number of nitrogens with zero attached hydrogens (tertiary/aromatic N) is 1. The second-order valence-corrected chi connectivity index (χ2v) is 9.25. The van der Waals surface area contributed by atoms with Crippen molar-refractivity contribution in [1.29, 1.82) is 0 Å². The number of piperidine rings is 1. The van der Waals surface area contributed by atoms with Crippen molar-refractivity contribution in [2.75, 3.05) is 13.1 Å². The Morgan fingerprint density at radius 2 is 1.94 bits per heavy atom. The van der Waals surface area contributed by atoms with Crippen molar-refractivity contribution in [2.24, 2.45) is 5.92 Å². The predicted octanol–water partition coefficient (Wildman–Crippen LogP) is 4.56. The Kier molecular flexibility index (Phi) is 5.68. The van der Waals surface area contributed by atoms with E-state index in [0.717, 1.165) is 76.0 Å². The van der Waals surface area contributed by atoms with Crippen LogP contribution in [0.4, 0.5) is 0 Å². The minimum absolute atomic E-state index is 0.0698. The van der Waals surface area contributed by atoms with E-state index in [0.29, 0.717) is 12.3 Å². The van der Waals surface area contributed by atoms with Crippen LogP contribution in [0.25, 0.3) is 38.8 Å². The number of carbonyl (C=O) groups is 1. The van der Waals surface area contributed by atoms with Crippen LogP contribution in [0, 0.1) is 5.92 Å². The Balaban J connectivity index is 1.27. The highest BCUT2D eigenvalue weighted by atomic mass is 16.1. The highest BCUT2D eigenvalue weighted by Crippen LogP contribution is 2.31. The number of hydrogen-bond acceptors (Lipinski definition) is 4. The maximum Gasteiger partial charge on any atom is 0.224 e. The Morgan fingerprint density at radius 1 is 1.06 bits per heavy atom. The molecule has 5 N–H and O–H groups in total. The summed E-state index contributed by atoms with van der Waals surface area (Å²) in [7, 11) is 0. The highest BCUT2D eigenvalue weighted by molar-refractivity contribution is 5.97. The van der Waals surface area contributed by atoms with Gasteiger partial charge in [0.15, 0.2) is 0 Å². The van der Waals surface area contributed by atoms with Crippen LogP contribution in [0.5, 0.6) is 0 Å². The van der Waals surface area contributed by atoms with Gasteiger partial charge in [0.1, 0.15) is 5.69 Å². The van der Waals surface area contributed by atoms with Crippen LogP contribution >= 0.6 is 0 Å². The molecule has 0 spiro atoms. The number of amides is 1. The van der Waals surface area contributed by atoms with E-state index in [4.69, 9.17) is 0 Å². The molecule has 176 valence electrons. The number of hydrogen-bond donors (Lipinski definition) is 5. The molecule has 0 saturated carbocycles. The van der Waals surface area contributed by atoms with Crippen LogP contribution in [0.1, 0.15) is 24.8 Å². The molecule has 0 radical (unpaired) electrons. The summed E-state index contributed by atoms with van der Waals surface area (Å²) in [6.45, 7) is 1.99. The average Bonchev–Trinajstić information content (AvgIpc) is 3.42. The maximum absolute atomic E-state index is 12.7. The molecule has 1 fully saturated rings. The van der Waals surface area contributed by atoms with Gasteiger partial charge in [0, 0.05) is 40.8 Å². The number of benzene rings is 2. The van der Waals surface area contributed by atoms with Gasteiger partial charge in [-0.3, -0.25) is 9.89 Å². The lowest BCUT2D eigenvalue weighted by molar-refractivity contribution is -0.121. The molecular weight excluding hydrogens is 436 g/mol. The minimum atomic E-state index is 0.0698. The summed E-state index contributed by atoms with van der Waals surface area (Å²) in [4.78, 5) is 16.2. The number of aromatic nitrogens is 3. The van der Waals surface area contributed by atoms with Crippen LogP contribution in [0.2, 0.25) is 0 Å². The van der Waals surface area contributed by atoms with Gasteiger partial charge >= 0.3 is 0 Å². The van der Waals surface area contributed by atoms with E-state index >= 15 is 0 Å². The van der Waals surface area contributed by atoms with E-state index in [1.54, 1.807) is 0 Å². The Labute approximate surface area is 203 Å². The van der Waals surface area contributed by atoms with Crippen molar-refractivity contribution in [1.82, 2.24) is 31.1 Å². The zero-order chi connectivity index (χ0) is 23.6. The lowest BCUT2D eigenvalue weighted by Crippen LogP contribution is -2.31. The molecule has 1 saturated heterocycles. The lowest BCUT2D eigenvalue weighted by Gasteiger charge is -2.22. The SMILES string of the molecule is O=C(CC1CCNCC1)NC1=CC(c2ccc3[nH]nc(-c4cc5ccccc5[nH]4)c3c2)=CNC=C1. The molecule has 4 aromatic rings. The molecule has 6 rings (SSSR count). The summed E-state index contributed by atoms with van der Waals surface area (Å²) in [5.74, 6) is 0.520. The van der Waals surface area contributed by atoms with Crippen molar-refractivity contribution < 1.29 is 4.79 Å². The summed E-state index contributed by atoms with van der Waals surface area (Å²) in [6.07, 6.45) is 10.4. The van der Waals surface area contributed by atoms with Gasteiger partial charge in [-0.2, -0.15) is 5.10 Å². The molecule has 2 aromatic carbocycles. The largest absolute Gasteiger partial charge is 0.367 e. The Morgan fingerprint density at radius 3 is 2.83 bits per heavy atom. The zero-order valence-electron chi connectivity index (χ0n) is 19.4.